The summed E-state index contributed by atoms with van der Waals surface area (Å²) in [6.45, 7) is 7.44. The Balaban J connectivity index is 0.000000252. The van der Waals surface area contributed by atoms with Gasteiger partial charge in [0.1, 0.15) is 11.5 Å². The molecule has 36 heavy (non-hydrogen) atoms. The smallest absolute Gasteiger partial charge is 0.372 e. The van der Waals surface area contributed by atoms with Crippen LogP contribution in [-0.4, -0.2) is 16.2 Å². The standard InChI is InChI=1S/C22H17O4P.C6H13O2P/c1-13-11-15-7-3-5-9-17(15)19-20-18-10-6-4-8-16(18)12-14(2)22(20)26-27(23,24)25-21(13)19;1-5-3-4-6(2)9(5,7)8/h3-12H,1-2H3,(H,23,24);5-6H,3-4H2,1-2H3,(H,7,8)/p-1. The van der Waals surface area contributed by atoms with E-state index in [-0.39, 0.29) is 11.3 Å². The molecule has 0 amide bonds. The van der Waals surface area contributed by atoms with E-state index in [0.717, 1.165) is 56.6 Å². The third kappa shape index (κ3) is 4.27. The molecule has 1 N–H and O–H groups in total. The van der Waals surface area contributed by atoms with Gasteiger partial charge in [-0.2, -0.15) is 0 Å². The summed E-state index contributed by atoms with van der Waals surface area (Å²) < 4.78 is 34.7. The fraction of sp³-hybridized carbons (Fsp3) is 0.286. The van der Waals surface area contributed by atoms with Crippen LogP contribution in [0.3, 0.4) is 0 Å². The monoisotopic (exact) mass is 523 g/mol. The lowest BCUT2D eigenvalue weighted by molar-refractivity contribution is -0.208. The number of aryl methyl sites for hydroxylation is 2. The first-order valence-corrected chi connectivity index (χ1v) is 15.3. The van der Waals surface area contributed by atoms with Crippen LogP contribution in [0, 0.1) is 13.8 Å². The van der Waals surface area contributed by atoms with Gasteiger partial charge in [-0.1, -0.05) is 62.4 Å². The maximum absolute atomic E-state index is 12.6. The fourth-order valence-corrected chi connectivity index (χ4v) is 8.06. The minimum atomic E-state index is -4.55. The maximum Gasteiger partial charge on any atom is 0.372 e. The molecule has 4 aromatic carbocycles. The first-order valence-electron chi connectivity index (χ1n) is 12.1. The van der Waals surface area contributed by atoms with Crippen LogP contribution in [-0.2, 0) is 9.13 Å². The lowest BCUT2D eigenvalue weighted by Crippen LogP contribution is -2.12. The van der Waals surface area contributed by atoms with Crippen LogP contribution in [0.15, 0.2) is 60.7 Å². The summed E-state index contributed by atoms with van der Waals surface area (Å²) in [6, 6.07) is 19.7. The predicted octanol–water partition coefficient (Wildman–Crippen LogP) is 7.34. The molecule has 0 spiro atoms. The van der Waals surface area contributed by atoms with Gasteiger partial charge in [0.25, 0.3) is 0 Å². The van der Waals surface area contributed by atoms with Gasteiger partial charge < -0.3 is 18.8 Å². The highest BCUT2D eigenvalue weighted by molar-refractivity contribution is 7.59. The lowest BCUT2D eigenvalue weighted by atomic mass is 9.89. The SMILES string of the molecule is CC1CCC(C)P1(=O)O.Cc1cc2ccccc2c2c1OP(=O)([O-])Oc1c(C)cc3ccccc3c1-2. The number of rotatable bonds is 0. The highest BCUT2D eigenvalue weighted by Crippen LogP contribution is 2.59. The summed E-state index contributed by atoms with van der Waals surface area (Å²) >= 11 is 0. The lowest BCUT2D eigenvalue weighted by Gasteiger charge is -2.23. The minimum absolute atomic E-state index is 0.0486. The van der Waals surface area contributed by atoms with Gasteiger partial charge in [0.15, 0.2) is 0 Å². The molecule has 6 nitrogen and oxygen atoms in total. The molecule has 188 valence electrons. The average molecular weight is 523 g/mol. The Kier molecular flexibility index (Phi) is 6.29. The number of phosphoric ester groups is 1. The summed E-state index contributed by atoms with van der Waals surface area (Å²) in [7, 11) is -7.28. The van der Waals surface area contributed by atoms with Crippen molar-refractivity contribution < 1.29 is 28.0 Å². The number of benzene rings is 4. The first kappa shape index (κ1) is 25.0. The highest BCUT2D eigenvalue weighted by atomic mass is 31.2. The average Bonchev–Trinajstić information content (AvgIpc) is 2.98. The molecule has 4 aromatic rings. The van der Waals surface area contributed by atoms with Gasteiger partial charge in [-0.15, -0.1) is 0 Å². The van der Waals surface area contributed by atoms with Crippen molar-refractivity contribution >= 4 is 36.7 Å². The number of phosphoric acid groups is 1. The van der Waals surface area contributed by atoms with Crippen molar-refractivity contribution in [2.45, 2.75) is 51.9 Å². The molecule has 6 rings (SSSR count). The Bertz CT molecular complexity index is 1480. The van der Waals surface area contributed by atoms with E-state index < -0.39 is 15.2 Å². The van der Waals surface area contributed by atoms with Crippen LogP contribution in [0.4, 0.5) is 0 Å². The van der Waals surface area contributed by atoms with Gasteiger partial charge in [-0.3, -0.25) is 4.57 Å². The summed E-state index contributed by atoms with van der Waals surface area (Å²) in [4.78, 5) is 21.8. The highest BCUT2D eigenvalue weighted by Gasteiger charge is 2.39. The summed E-state index contributed by atoms with van der Waals surface area (Å²) in [5.74, 6) is 0.670. The molecule has 2 aliphatic heterocycles. The number of hydrogen-bond donors (Lipinski definition) is 1. The molecule has 2 atom stereocenters. The molecule has 0 saturated carbocycles. The van der Waals surface area contributed by atoms with Crippen LogP contribution in [0.1, 0.15) is 37.8 Å². The molecule has 8 heteroatoms. The molecule has 2 unspecified atom stereocenters. The van der Waals surface area contributed by atoms with Gasteiger partial charge in [0.05, 0.1) is 0 Å². The quantitative estimate of drug-likeness (QED) is 0.242. The van der Waals surface area contributed by atoms with E-state index >= 15 is 0 Å². The third-order valence-electron chi connectivity index (χ3n) is 7.30. The summed E-state index contributed by atoms with van der Waals surface area (Å²) in [5.41, 5.74) is 3.12. The largest absolute Gasteiger partial charge is 0.736 e. The third-order valence-corrected chi connectivity index (χ3v) is 11.2. The topological polar surface area (TPSA) is 95.9 Å². The van der Waals surface area contributed by atoms with Crippen LogP contribution in [0.25, 0.3) is 32.7 Å². The molecule has 0 aliphatic carbocycles. The van der Waals surface area contributed by atoms with Crippen molar-refractivity contribution in [2.24, 2.45) is 0 Å². The Morgan fingerprint density at radius 3 is 1.53 bits per heavy atom. The van der Waals surface area contributed by atoms with E-state index in [1.54, 1.807) is 0 Å². The summed E-state index contributed by atoms with van der Waals surface area (Å²) in [6.07, 6.45) is 1.85. The van der Waals surface area contributed by atoms with Crippen molar-refractivity contribution in [2.75, 3.05) is 0 Å². The fourth-order valence-electron chi connectivity index (χ4n) is 5.20. The predicted molar refractivity (Wildman–Crippen MR) is 143 cm³/mol. The second-order valence-electron chi connectivity index (χ2n) is 9.82. The first-order chi connectivity index (χ1) is 17.0. The van der Waals surface area contributed by atoms with Crippen molar-refractivity contribution in [3.63, 3.8) is 0 Å². The molecule has 1 fully saturated rings. The van der Waals surface area contributed by atoms with Gasteiger partial charge in [0, 0.05) is 22.4 Å². The minimum Gasteiger partial charge on any atom is -0.736 e. The second-order valence-corrected chi connectivity index (χ2v) is 14.2. The Hall–Kier alpha value is -2.62. The van der Waals surface area contributed by atoms with Gasteiger partial charge in [-0.05, 0) is 71.5 Å². The van der Waals surface area contributed by atoms with Crippen LogP contribution in [0.5, 0.6) is 11.5 Å². The number of hydrogen-bond acceptors (Lipinski definition) is 5. The van der Waals surface area contributed by atoms with Gasteiger partial charge in [-0.25, -0.2) is 4.57 Å². The van der Waals surface area contributed by atoms with Crippen molar-refractivity contribution in [3.8, 4) is 22.6 Å². The van der Waals surface area contributed by atoms with Gasteiger partial charge in [0.2, 0.25) is 7.37 Å². The van der Waals surface area contributed by atoms with E-state index in [9.17, 15) is 18.9 Å². The van der Waals surface area contributed by atoms with E-state index in [1.807, 2.05) is 88.4 Å². The molecule has 2 aliphatic rings. The molecule has 1 saturated heterocycles. The molecule has 0 radical (unpaired) electrons. The zero-order valence-corrected chi connectivity index (χ0v) is 22.5. The van der Waals surface area contributed by atoms with Crippen LogP contribution < -0.4 is 13.9 Å². The zero-order chi connectivity index (χ0) is 25.8. The Morgan fingerprint density at radius 2 is 1.17 bits per heavy atom. The van der Waals surface area contributed by atoms with E-state index in [1.165, 1.54) is 0 Å². The molecular formula is C28H29O6P2-. The van der Waals surface area contributed by atoms with Crippen molar-refractivity contribution in [1.82, 2.24) is 0 Å². The van der Waals surface area contributed by atoms with Gasteiger partial charge >= 0.3 is 7.82 Å². The summed E-state index contributed by atoms with van der Waals surface area (Å²) in [5, 5.41) is 3.91. The van der Waals surface area contributed by atoms with Crippen LogP contribution >= 0.6 is 15.2 Å². The molecule has 2 heterocycles. The van der Waals surface area contributed by atoms with Crippen molar-refractivity contribution in [1.29, 1.82) is 0 Å². The number of fused-ring (bicyclic) bond motifs is 7. The second kappa shape index (κ2) is 9.04. The van der Waals surface area contributed by atoms with E-state index in [0.29, 0.717) is 11.5 Å². The molecule has 0 aromatic heterocycles. The van der Waals surface area contributed by atoms with Crippen LogP contribution in [0.2, 0.25) is 0 Å². The molecular weight excluding hydrogens is 494 g/mol. The Morgan fingerprint density at radius 1 is 0.778 bits per heavy atom. The van der Waals surface area contributed by atoms with E-state index in [2.05, 4.69) is 0 Å². The zero-order valence-electron chi connectivity index (χ0n) is 20.7. The Labute approximate surface area is 211 Å². The van der Waals surface area contributed by atoms with E-state index in [4.69, 9.17) is 9.05 Å². The normalized spacial score (nSPS) is 24.1. The maximum atomic E-state index is 12.6. The molecule has 0 bridgehead atoms. The van der Waals surface area contributed by atoms with Crippen molar-refractivity contribution in [3.05, 3.63) is 71.8 Å².